The molecular formula is C23H19ClN3. The van der Waals surface area contributed by atoms with Gasteiger partial charge >= 0.3 is 0 Å². The van der Waals surface area contributed by atoms with Crippen LogP contribution in [0.2, 0.25) is 5.02 Å². The Balaban J connectivity index is 1.96. The second-order valence-corrected chi connectivity index (χ2v) is 7.03. The lowest BCUT2D eigenvalue weighted by molar-refractivity contribution is 1.25. The number of hydrogen-bond donors (Lipinski definition) is 1. The number of aryl methyl sites for hydroxylation is 1. The molecule has 1 radical (unpaired) electrons. The molecule has 0 aliphatic heterocycles. The minimum atomic E-state index is 0.709. The summed E-state index contributed by atoms with van der Waals surface area (Å²) in [6.07, 6.45) is 3.56. The van der Waals surface area contributed by atoms with Gasteiger partial charge in [0, 0.05) is 34.1 Å². The van der Waals surface area contributed by atoms with E-state index in [9.17, 15) is 0 Å². The third kappa shape index (κ3) is 3.26. The van der Waals surface area contributed by atoms with Gasteiger partial charge in [0.1, 0.15) is 5.82 Å². The first-order chi connectivity index (χ1) is 13.0. The van der Waals surface area contributed by atoms with E-state index in [4.69, 9.17) is 16.6 Å². The van der Waals surface area contributed by atoms with E-state index < -0.39 is 0 Å². The maximum atomic E-state index is 6.07. The van der Waals surface area contributed by atoms with Crippen molar-refractivity contribution in [1.29, 1.82) is 0 Å². The summed E-state index contributed by atoms with van der Waals surface area (Å²) < 4.78 is 0. The monoisotopic (exact) mass is 372 g/mol. The number of nitrogens with one attached hydrogen (secondary N) is 1. The van der Waals surface area contributed by atoms with Crippen molar-refractivity contribution in [1.82, 2.24) is 15.0 Å². The van der Waals surface area contributed by atoms with E-state index in [-0.39, 0.29) is 0 Å². The predicted molar refractivity (Wildman–Crippen MR) is 112 cm³/mol. The zero-order valence-corrected chi connectivity index (χ0v) is 16.0. The third-order valence-electron chi connectivity index (χ3n) is 4.81. The summed E-state index contributed by atoms with van der Waals surface area (Å²) in [5.41, 5.74) is 8.29. The van der Waals surface area contributed by atoms with Gasteiger partial charge in [-0.25, -0.2) is 4.98 Å². The molecule has 2 aromatic heterocycles. The highest BCUT2D eigenvalue weighted by Gasteiger charge is 2.18. The average Bonchev–Trinajstić information content (AvgIpc) is 3.11. The number of benzene rings is 2. The van der Waals surface area contributed by atoms with Gasteiger partial charge in [0.25, 0.3) is 0 Å². The lowest BCUT2D eigenvalue weighted by Gasteiger charge is -2.09. The number of imidazole rings is 1. The van der Waals surface area contributed by atoms with E-state index in [1.165, 1.54) is 0 Å². The quantitative estimate of drug-likeness (QED) is 0.461. The zero-order valence-electron chi connectivity index (χ0n) is 15.3. The molecule has 4 heteroatoms. The van der Waals surface area contributed by atoms with Gasteiger partial charge < -0.3 is 4.98 Å². The van der Waals surface area contributed by atoms with Crippen molar-refractivity contribution in [2.45, 2.75) is 13.8 Å². The Kier molecular flexibility index (Phi) is 4.54. The van der Waals surface area contributed by atoms with Gasteiger partial charge in [0.15, 0.2) is 0 Å². The van der Waals surface area contributed by atoms with Gasteiger partial charge in [-0.2, -0.15) is 0 Å². The lowest BCUT2D eigenvalue weighted by atomic mass is 9.98. The van der Waals surface area contributed by atoms with Crippen LogP contribution in [0.3, 0.4) is 0 Å². The van der Waals surface area contributed by atoms with Crippen LogP contribution < -0.4 is 0 Å². The maximum absolute atomic E-state index is 6.07. The van der Waals surface area contributed by atoms with Gasteiger partial charge in [-0.3, -0.25) is 4.98 Å². The van der Waals surface area contributed by atoms with E-state index in [2.05, 4.69) is 36.8 Å². The Hall–Kier alpha value is -2.91. The second-order valence-electron chi connectivity index (χ2n) is 6.59. The van der Waals surface area contributed by atoms with E-state index >= 15 is 0 Å². The van der Waals surface area contributed by atoms with Crippen LogP contribution in [0, 0.1) is 20.8 Å². The van der Waals surface area contributed by atoms with Crippen molar-refractivity contribution < 1.29 is 0 Å². The minimum absolute atomic E-state index is 0.709. The van der Waals surface area contributed by atoms with Gasteiger partial charge in [-0.05, 0) is 61.7 Å². The molecule has 0 saturated carbocycles. The van der Waals surface area contributed by atoms with Crippen LogP contribution in [-0.2, 0) is 0 Å². The van der Waals surface area contributed by atoms with Crippen LogP contribution in [0.4, 0.5) is 0 Å². The molecule has 4 rings (SSSR count). The predicted octanol–water partition coefficient (Wildman–Crippen LogP) is 6.26. The Labute approximate surface area is 164 Å². The van der Waals surface area contributed by atoms with E-state index in [0.29, 0.717) is 5.02 Å². The fourth-order valence-corrected chi connectivity index (χ4v) is 3.42. The number of aromatic nitrogens is 3. The molecule has 0 atom stereocenters. The number of rotatable bonds is 3. The number of halogens is 1. The normalized spacial score (nSPS) is 11.0. The first-order valence-electron chi connectivity index (χ1n) is 8.73. The summed E-state index contributed by atoms with van der Waals surface area (Å²) in [4.78, 5) is 12.6. The number of nitrogens with zero attached hydrogens (tertiary/aromatic N) is 2. The number of pyridine rings is 1. The smallest absolute Gasteiger partial charge is 0.139 e. The Morgan fingerprint density at radius 2 is 1.59 bits per heavy atom. The number of hydrogen-bond acceptors (Lipinski definition) is 2. The van der Waals surface area contributed by atoms with Crippen molar-refractivity contribution >= 4 is 11.6 Å². The first kappa shape index (κ1) is 17.5. The highest BCUT2D eigenvalue weighted by molar-refractivity contribution is 6.30. The summed E-state index contributed by atoms with van der Waals surface area (Å²) in [6.45, 7) is 8.32. The lowest BCUT2D eigenvalue weighted by Crippen LogP contribution is -1.93. The molecule has 2 heterocycles. The maximum Gasteiger partial charge on any atom is 0.139 e. The third-order valence-corrected chi connectivity index (χ3v) is 5.06. The van der Waals surface area contributed by atoms with Crippen molar-refractivity contribution in [2.24, 2.45) is 0 Å². The average molecular weight is 373 g/mol. The Morgan fingerprint density at radius 3 is 2.30 bits per heavy atom. The molecule has 0 bridgehead atoms. The molecule has 0 unspecified atom stereocenters. The summed E-state index contributed by atoms with van der Waals surface area (Å²) in [7, 11) is 0. The van der Waals surface area contributed by atoms with Crippen LogP contribution in [0.25, 0.3) is 33.9 Å². The van der Waals surface area contributed by atoms with Crippen LogP contribution in [0.15, 0.2) is 60.9 Å². The molecule has 0 fully saturated rings. The number of aromatic amines is 1. The van der Waals surface area contributed by atoms with Crippen molar-refractivity contribution in [3.8, 4) is 33.9 Å². The van der Waals surface area contributed by atoms with E-state index in [1.54, 1.807) is 12.4 Å². The molecule has 2 aromatic carbocycles. The summed E-state index contributed by atoms with van der Waals surface area (Å²) in [6, 6.07) is 15.8. The molecule has 133 valence electrons. The van der Waals surface area contributed by atoms with Gasteiger partial charge in [0.05, 0.1) is 11.4 Å². The topological polar surface area (TPSA) is 41.6 Å². The molecule has 0 amide bonds. The summed E-state index contributed by atoms with van der Waals surface area (Å²) in [5, 5.41) is 0.709. The van der Waals surface area contributed by atoms with E-state index in [1.807, 2.05) is 42.5 Å². The molecule has 0 aliphatic carbocycles. The van der Waals surface area contributed by atoms with Crippen LogP contribution in [0.5, 0.6) is 0 Å². The SMILES string of the molecule is [CH2]c1ccc(C)c(-c2nc(-c3ccncc3)c(-c3ccc(Cl)cc3)[nH]2)c1C. The zero-order chi connectivity index (χ0) is 19.0. The van der Waals surface area contributed by atoms with Crippen LogP contribution in [-0.4, -0.2) is 15.0 Å². The molecule has 1 N–H and O–H groups in total. The van der Waals surface area contributed by atoms with Crippen molar-refractivity contribution in [3.05, 3.63) is 89.6 Å². The molecule has 27 heavy (non-hydrogen) atoms. The highest BCUT2D eigenvalue weighted by atomic mass is 35.5. The van der Waals surface area contributed by atoms with Crippen LogP contribution in [0.1, 0.15) is 16.7 Å². The van der Waals surface area contributed by atoms with Crippen molar-refractivity contribution in [3.63, 3.8) is 0 Å². The first-order valence-corrected chi connectivity index (χ1v) is 9.11. The highest BCUT2D eigenvalue weighted by Crippen LogP contribution is 2.35. The standard InChI is InChI=1S/C23H19ClN3/c1-14-4-5-15(2)20(16(14)3)23-26-21(17-6-8-19(24)9-7-17)22(27-23)18-10-12-25-13-11-18/h4-13H,1H2,2-3H3,(H,26,27). The fourth-order valence-electron chi connectivity index (χ4n) is 3.29. The van der Waals surface area contributed by atoms with Gasteiger partial charge in [-0.15, -0.1) is 0 Å². The molecule has 4 aromatic rings. The Morgan fingerprint density at radius 1 is 0.889 bits per heavy atom. The molecular weight excluding hydrogens is 354 g/mol. The summed E-state index contributed by atoms with van der Waals surface area (Å²) >= 11 is 6.07. The largest absolute Gasteiger partial charge is 0.337 e. The molecule has 0 saturated heterocycles. The van der Waals surface area contributed by atoms with Gasteiger partial charge in [-0.1, -0.05) is 35.9 Å². The second kappa shape index (κ2) is 7.01. The molecule has 0 spiro atoms. The number of H-pyrrole nitrogens is 1. The minimum Gasteiger partial charge on any atom is -0.337 e. The van der Waals surface area contributed by atoms with Crippen molar-refractivity contribution in [2.75, 3.05) is 0 Å². The van der Waals surface area contributed by atoms with Gasteiger partial charge in [0.2, 0.25) is 0 Å². The molecule has 0 aliphatic rings. The molecule has 3 nitrogen and oxygen atoms in total. The summed E-state index contributed by atoms with van der Waals surface area (Å²) in [5.74, 6) is 0.840. The Bertz CT molecular complexity index is 1100. The fraction of sp³-hybridized carbons (Fsp3) is 0.0870. The van der Waals surface area contributed by atoms with Crippen LogP contribution >= 0.6 is 11.6 Å². The van der Waals surface area contributed by atoms with E-state index in [0.717, 1.165) is 50.6 Å².